The van der Waals surface area contributed by atoms with E-state index in [4.69, 9.17) is 28.7 Å². The van der Waals surface area contributed by atoms with Crippen LogP contribution in [0.25, 0.3) is 10.9 Å². The van der Waals surface area contributed by atoms with Crippen molar-refractivity contribution in [1.29, 1.82) is 0 Å². The molecule has 32 nitrogen and oxygen atoms in total. The lowest BCUT2D eigenvalue weighted by Gasteiger charge is -2.29. The van der Waals surface area contributed by atoms with Crippen molar-refractivity contribution in [3.05, 3.63) is 71.9 Å². The molecule has 0 aliphatic heterocycles. The number of nitrogens with one attached hydrogen (secondary N) is 12. The number of carbonyl (C=O) groups is 12. The first-order chi connectivity index (χ1) is 49.6. The quantitative estimate of drug-likeness (QED) is 0.0285. The fraction of sp³-hybridized carbons (Fsp3) is 0.634. The Morgan fingerprint density at radius 1 is 0.442 bits per heavy atom. The summed E-state index contributed by atoms with van der Waals surface area (Å²) >= 11 is 1.31. The number of aliphatic hydroxyl groups is 2. The van der Waals surface area contributed by atoms with Gasteiger partial charge in [0.25, 0.3) is 0 Å². The Balaban J connectivity index is 2.02. The Kier molecular flexibility index (Phi) is 42.1. The number of hydrogen-bond donors (Lipinski definition) is 20. The SMILES string of the molecule is CC[C@H](C)[C@H](NC(=O)[C@H](CO)NC(=O)[C@H](CCCCN)NC(=O)[C@H](CCSC)NC(=O)[C@@H](NC(=O)[C@H](CCCCN)NC(=O)[C@H](Cc1ccccc1)NC(=O)[C@H](Cc1c[nH]c2ccccc12)NC(=O)[C@H](CCCCN)NC(=O)[C@@H](NC(=O)[C@@H](N)CCCCN)[C@@H](C)CC)[C@@H](C)O)C(=O)N[C@@H](C)C(=O)O. The van der Waals surface area contributed by atoms with Crippen LogP contribution in [0.15, 0.2) is 60.8 Å². The molecular weight excluding hydrogens is 1360 g/mol. The van der Waals surface area contributed by atoms with Gasteiger partial charge in [-0.3, -0.25) is 57.5 Å². The number of benzene rings is 2. The van der Waals surface area contributed by atoms with Crippen molar-refractivity contribution < 1.29 is 72.9 Å². The van der Waals surface area contributed by atoms with Crippen LogP contribution in [-0.4, -0.2) is 215 Å². The second-order valence-corrected chi connectivity index (χ2v) is 27.4. The second kappa shape index (κ2) is 48.7. The maximum atomic E-state index is 15.2. The summed E-state index contributed by atoms with van der Waals surface area (Å²) in [4.78, 5) is 172. The van der Waals surface area contributed by atoms with Crippen LogP contribution < -0.4 is 87.2 Å². The van der Waals surface area contributed by atoms with E-state index < -0.39 is 168 Å². The van der Waals surface area contributed by atoms with Crippen molar-refractivity contribution in [1.82, 2.24) is 63.5 Å². The molecule has 1 heterocycles. The number of nitrogens with two attached hydrogens (primary N) is 5. The molecule has 15 atom stereocenters. The fourth-order valence-corrected chi connectivity index (χ4v) is 11.7. The van der Waals surface area contributed by atoms with Crippen molar-refractivity contribution in [2.45, 2.75) is 229 Å². The number of aliphatic hydroxyl groups excluding tert-OH is 2. The van der Waals surface area contributed by atoms with Gasteiger partial charge in [0.05, 0.1) is 18.8 Å². The van der Waals surface area contributed by atoms with Crippen LogP contribution in [0, 0.1) is 11.8 Å². The Bertz CT molecular complexity index is 3200. The lowest BCUT2D eigenvalue weighted by Crippen LogP contribution is -2.62. The largest absolute Gasteiger partial charge is 0.480 e. The summed E-state index contributed by atoms with van der Waals surface area (Å²) in [6.07, 6.45) is 5.99. The monoisotopic (exact) mass is 1480 g/mol. The van der Waals surface area contributed by atoms with E-state index in [1.54, 1.807) is 69.6 Å². The Morgan fingerprint density at radius 2 is 0.817 bits per heavy atom. The number of para-hydroxylation sites is 1. The predicted octanol–water partition coefficient (Wildman–Crippen LogP) is -1.55. The first-order valence-electron chi connectivity index (χ1n) is 36.1. The van der Waals surface area contributed by atoms with E-state index >= 15 is 9.59 Å². The van der Waals surface area contributed by atoms with Gasteiger partial charge in [0.2, 0.25) is 65.0 Å². The topological polar surface area (TPSA) is 544 Å². The molecule has 0 aliphatic rings. The van der Waals surface area contributed by atoms with E-state index in [1.807, 2.05) is 25.1 Å². The molecule has 0 aliphatic carbocycles. The summed E-state index contributed by atoms with van der Waals surface area (Å²) in [6, 6.07) is -0.580. The average molecular weight is 1480 g/mol. The zero-order chi connectivity index (χ0) is 77.4. The Morgan fingerprint density at radius 3 is 1.28 bits per heavy atom. The Hall–Kier alpha value is -8.31. The van der Waals surface area contributed by atoms with Gasteiger partial charge < -0.3 is 107 Å². The molecule has 0 unspecified atom stereocenters. The number of thioether (sulfide) groups is 1. The van der Waals surface area contributed by atoms with Crippen molar-refractivity contribution in [3.8, 4) is 0 Å². The summed E-state index contributed by atoms with van der Waals surface area (Å²) in [5.41, 5.74) is 31.3. The molecule has 0 bridgehead atoms. The number of H-pyrrole nitrogens is 1. The average Bonchev–Trinajstić information content (AvgIpc) is 1.50. The highest BCUT2D eigenvalue weighted by atomic mass is 32.2. The molecule has 582 valence electrons. The molecule has 0 spiro atoms. The van der Waals surface area contributed by atoms with Crippen LogP contribution in [0.1, 0.15) is 149 Å². The van der Waals surface area contributed by atoms with Crippen molar-refractivity contribution in [3.63, 3.8) is 0 Å². The van der Waals surface area contributed by atoms with Crippen LogP contribution >= 0.6 is 11.8 Å². The molecule has 11 amide bonds. The van der Waals surface area contributed by atoms with Crippen LogP contribution in [0.3, 0.4) is 0 Å². The maximum absolute atomic E-state index is 15.2. The van der Waals surface area contributed by atoms with E-state index in [0.717, 1.165) is 10.9 Å². The predicted molar refractivity (Wildman–Crippen MR) is 397 cm³/mol. The molecule has 3 rings (SSSR count). The zero-order valence-electron chi connectivity index (χ0n) is 61.2. The molecular formula is C71H117N17O15S. The highest BCUT2D eigenvalue weighted by Crippen LogP contribution is 2.21. The number of unbranched alkanes of at least 4 members (excludes halogenated alkanes) is 4. The standard InChI is InChI=1S/C71H117N17O15S/c1-8-41(3)57(68(99)78-43(5)71(102)103)87-67(98)56(40-89)85-62(93)50(28-16-20-33-73)79-63(94)53(31-36-104-7)82-70(101)59(44(6)90)88-64(95)52(30-18-22-35-75)80-65(96)54(37-45-23-11-10-12-24-45)83-66(97)55(38-46-39-77-49-27-14-13-25-47(46)49)84-61(92)51(29-17-21-34-74)81-69(100)58(42(4)9-2)86-60(91)48(76)26-15-19-32-72/h10-14,23-25,27,39,41-44,48,50-59,77,89-90H,8-9,15-22,26,28-38,40,72-76H2,1-7H3,(H,78,99)(H,79,94)(H,80,96)(H,81,100)(H,82,101)(H,83,97)(H,84,92)(H,85,93)(H,86,91)(H,87,98)(H,88,95)(H,102,103)/t41-,42-,43-,44+,48-,50-,51-,52-,53-,54-,55-,56-,57-,58-,59-/m0/s1. The molecule has 0 fully saturated rings. The van der Waals surface area contributed by atoms with Crippen LogP contribution in [0.2, 0.25) is 0 Å². The lowest BCUT2D eigenvalue weighted by atomic mass is 9.96. The first kappa shape index (κ1) is 89.9. The third-order valence-electron chi connectivity index (χ3n) is 18.1. The molecule has 0 radical (unpaired) electrons. The van der Waals surface area contributed by atoms with E-state index in [-0.39, 0.29) is 76.8 Å². The van der Waals surface area contributed by atoms with Gasteiger partial charge in [-0.05, 0) is 158 Å². The number of rotatable bonds is 52. The van der Waals surface area contributed by atoms with E-state index in [0.29, 0.717) is 75.5 Å². The molecule has 33 heteroatoms. The van der Waals surface area contributed by atoms with Gasteiger partial charge in [0.1, 0.15) is 66.5 Å². The van der Waals surface area contributed by atoms with Gasteiger partial charge in [-0.2, -0.15) is 11.8 Å². The second-order valence-electron chi connectivity index (χ2n) is 26.4. The van der Waals surface area contributed by atoms with Gasteiger partial charge in [-0.25, -0.2) is 0 Å². The number of fused-ring (bicyclic) bond motifs is 1. The molecule has 1 aromatic heterocycles. The number of carboxylic acid groups (broad SMARTS) is 1. The fourth-order valence-electron chi connectivity index (χ4n) is 11.2. The molecule has 0 saturated heterocycles. The molecule has 3 aromatic rings. The van der Waals surface area contributed by atoms with Crippen LogP contribution in [0.5, 0.6) is 0 Å². The third-order valence-corrected chi connectivity index (χ3v) is 18.8. The lowest BCUT2D eigenvalue weighted by molar-refractivity contribution is -0.142. The number of hydrogen-bond acceptors (Lipinski definition) is 20. The van der Waals surface area contributed by atoms with Crippen LogP contribution in [0.4, 0.5) is 0 Å². The van der Waals surface area contributed by atoms with Crippen molar-refractivity contribution in [2.75, 3.05) is 44.8 Å². The highest BCUT2D eigenvalue weighted by Gasteiger charge is 2.39. The number of aliphatic carboxylic acids is 1. The summed E-state index contributed by atoms with van der Waals surface area (Å²) < 4.78 is 0. The van der Waals surface area contributed by atoms with E-state index in [9.17, 15) is 63.3 Å². The zero-order valence-corrected chi connectivity index (χ0v) is 62.0. The number of carbonyl (C=O) groups excluding carboxylic acids is 11. The van der Waals surface area contributed by atoms with E-state index in [2.05, 4.69) is 63.5 Å². The molecule has 2 aromatic carbocycles. The van der Waals surface area contributed by atoms with Crippen molar-refractivity contribution >= 4 is 93.6 Å². The minimum absolute atomic E-state index is 0.0430. The maximum Gasteiger partial charge on any atom is 0.325 e. The summed E-state index contributed by atoms with van der Waals surface area (Å²) in [5, 5.41) is 60.8. The van der Waals surface area contributed by atoms with Gasteiger partial charge >= 0.3 is 5.97 Å². The minimum Gasteiger partial charge on any atom is -0.480 e. The normalized spacial score (nSPS) is 15.7. The molecule has 0 saturated carbocycles. The summed E-state index contributed by atoms with van der Waals surface area (Å²) in [7, 11) is 0. The summed E-state index contributed by atoms with van der Waals surface area (Å²) in [5.74, 6) is -11.3. The first-order valence-corrected chi connectivity index (χ1v) is 37.5. The Labute approximate surface area is 613 Å². The number of aromatic amines is 1. The van der Waals surface area contributed by atoms with Gasteiger partial charge in [0.15, 0.2) is 0 Å². The smallest absolute Gasteiger partial charge is 0.325 e. The molecule has 25 N–H and O–H groups in total. The minimum atomic E-state index is -1.78. The number of amides is 11. The third kappa shape index (κ3) is 30.8. The summed E-state index contributed by atoms with van der Waals surface area (Å²) in [6.45, 7) is 9.58. The van der Waals surface area contributed by atoms with Crippen LogP contribution in [-0.2, 0) is 70.4 Å². The number of aromatic nitrogens is 1. The van der Waals surface area contributed by atoms with E-state index in [1.165, 1.54) is 25.6 Å². The number of carboxylic acids is 1. The van der Waals surface area contributed by atoms with Gasteiger partial charge in [0, 0.05) is 29.9 Å². The highest BCUT2D eigenvalue weighted by molar-refractivity contribution is 7.98. The van der Waals surface area contributed by atoms with Gasteiger partial charge in [-0.1, -0.05) is 95.5 Å². The van der Waals surface area contributed by atoms with Crippen molar-refractivity contribution in [2.24, 2.45) is 40.5 Å². The molecule has 104 heavy (non-hydrogen) atoms. The van der Waals surface area contributed by atoms with Gasteiger partial charge in [-0.15, -0.1) is 0 Å².